The molecule has 3 aliphatic rings. The fourth-order valence-corrected chi connectivity index (χ4v) is 15.8. The van der Waals surface area contributed by atoms with Crippen LogP contribution in [-0.2, 0) is 27.8 Å². The molecule has 1 saturated carbocycles. The summed E-state index contributed by atoms with van der Waals surface area (Å²) in [6.07, 6.45) is 6.71. The van der Waals surface area contributed by atoms with Gasteiger partial charge in [0.05, 0.1) is 63.3 Å². The summed E-state index contributed by atoms with van der Waals surface area (Å²) in [5.41, 5.74) is 26.0. The van der Waals surface area contributed by atoms with E-state index in [0.29, 0.717) is 76.6 Å². The summed E-state index contributed by atoms with van der Waals surface area (Å²) in [6.45, 7) is 11.2. The van der Waals surface area contributed by atoms with Gasteiger partial charge in [0, 0.05) is 36.0 Å². The highest BCUT2D eigenvalue weighted by atomic mass is 32.2. The van der Waals surface area contributed by atoms with Crippen molar-refractivity contribution in [3.63, 3.8) is 0 Å². The number of thiophene rings is 4. The van der Waals surface area contributed by atoms with Crippen LogP contribution in [0.25, 0.3) is 30.6 Å². The number of sulfonamides is 1. The Morgan fingerprint density at radius 2 is 1.23 bits per heavy atom. The molecule has 1 unspecified atom stereocenters. The predicted molar refractivity (Wildman–Crippen MR) is 272 cm³/mol. The molecule has 7 aromatic rings. The van der Waals surface area contributed by atoms with Crippen molar-refractivity contribution in [2.75, 3.05) is 43.5 Å². The van der Waals surface area contributed by atoms with Gasteiger partial charge in [-0.2, -0.15) is 9.40 Å². The number of nitrogens with two attached hydrogens (primary N) is 3. The summed E-state index contributed by atoms with van der Waals surface area (Å²) in [4.78, 5) is 45.5. The maximum Gasteiger partial charge on any atom is 0.298 e. The lowest BCUT2D eigenvalue weighted by molar-refractivity contribution is -0.725. The summed E-state index contributed by atoms with van der Waals surface area (Å²) in [7, 11) is -3.66. The predicted octanol–water partition coefficient (Wildman–Crippen LogP) is 4.71. The second-order valence-corrected chi connectivity index (χ2v) is 24.9. The number of fused-ring (bicyclic) bond motifs is 3. The molecule has 0 spiro atoms. The van der Waals surface area contributed by atoms with E-state index in [1.807, 2.05) is 39.3 Å². The van der Waals surface area contributed by atoms with Gasteiger partial charge in [-0.15, -0.1) is 27.8 Å². The molecule has 0 aromatic carbocycles. The van der Waals surface area contributed by atoms with Crippen LogP contribution in [0.1, 0.15) is 113 Å². The Balaban J connectivity index is 1.01. The lowest BCUT2D eigenvalue weighted by atomic mass is 9.95. The Labute approximate surface area is 419 Å². The number of nitrogen functional groups attached to an aromatic ring is 3. The number of ether oxygens (including phenoxy) is 1. The minimum Gasteiger partial charge on any atom is -0.397 e. The zero-order valence-electron chi connectivity index (χ0n) is 39.4. The zero-order valence-corrected chi connectivity index (χ0v) is 43.5. The van der Waals surface area contributed by atoms with Crippen molar-refractivity contribution in [2.45, 2.75) is 115 Å². The van der Waals surface area contributed by atoms with E-state index in [0.717, 1.165) is 83.4 Å². The quantitative estimate of drug-likeness (QED) is 0.0907. The van der Waals surface area contributed by atoms with Crippen LogP contribution in [0.2, 0.25) is 0 Å². The highest BCUT2D eigenvalue weighted by Crippen LogP contribution is 2.40. The van der Waals surface area contributed by atoms with Gasteiger partial charge in [0.25, 0.3) is 37.4 Å². The maximum absolute atomic E-state index is 14.2. The Morgan fingerprint density at radius 1 is 0.671 bits per heavy atom. The maximum atomic E-state index is 14.2. The number of carbonyl (C=O) groups excluding carboxylic acids is 3. The Hall–Kier alpha value is -5.50. The second kappa shape index (κ2) is 18.9. The van der Waals surface area contributed by atoms with E-state index in [-0.39, 0.29) is 64.9 Å². The van der Waals surface area contributed by atoms with Gasteiger partial charge >= 0.3 is 0 Å². The van der Waals surface area contributed by atoms with Gasteiger partial charge in [-0.3, -0.25) is 14.4 Å². The van der Waals surface area contributed by atoms with Crippen molar-refractivity contribution < 1.29 is 36.9 Å². The van der Waals surface area contributed by atoms with Crippen LogP contribution < -0.4 is 42.5 Å². The molecule has 2 aliphatic heterocycles. The smallest absolute Gasteiger partial charge is 0.298 e. The van der Waals surface area contributed by atoms with Gasteiger partial charge in [0.2, 0.25) is 13.1 Å². The van der Waals surface area contributed by atoms with E-state index in [4.69, 9.17) is 32.1 Å². The van der Waals surface area contributed by atoms with Crippen LogP contribution in [0, 0.1) is 34.6 Å². The number of aryl methyl sites for hydroxylation is 5. The lowest BCUT2D eigenvalue weighted by Gasteiger charge is -2.37. The van der Waals surface area contributed by atoms with Crippen molar-refractivity contribution in [2.24, 2.45) is 0 Å². The van der Waals surface area contributed by atoms with Crippen LogP contribution >= 0.6 is 45.3 Å². The second-order valence-electron chi connectivity index (χ2n) is 18.5. The fourth-order valence-electron chi connectivity index (χ4n) is 9.65. The number of carbonyl (C=O) groups is 3. The van der Waals surface area contributed by atoms with E-state index < -0.39 is 22.0 Å². The third-order valence-electron chi connectivity index (χ3n) is 13.6. The first-order valence-electron chi connectivity index (χ1n) is 23.3. The molecule has 10 rings (SSSR count). The van der Waals surface area contributed by atoms with Crippen molar-refractivity contribution in [3.05, 3.63) is 65.4 Å². The molecular formula is C46H55N13O6S5+2. The number of anilines is 3. The van der Waals surface area contributed by atoms with E-state index in [2.05, 4.69) is 26.1 Å². The number of hydrogen-bond acceptors (Lipinski definition) is 17. The minimum absolute atomic E-state index is 0.0424. The third kappa shape index (κ3) is 8.74. The van der Waals surface area contributed by atoms with Crippen molar-refractivity contribution in [3.8, 4) is 0 Å². The van der Waals surface area contributed by atoms with Crippen LogP contribution in [0.15, 0.2) is 16.3 Å². The van der Waals surface area contributed by atoms with Crippen LogP contribution in [0.3, 0.4) is 0 Å². The molecule has 368 valence electrons. The molecule has 0 radical (unpaired) electrons. The van der Waals surface area contributed by atoms with E-state index >= 15 is 0 Å². The molecule has 7 aromatic heterocycles. The van der Waals surface area contributed by atoms with Gasteiger partial charge in [-0.1, -0.05) is 51.3 Å². The van der Waals surface area contributed by atoms with Crippen LogP contribution in [0.5, 0.6) is 0 Å². The molecule has 2 saturated heterocycles. The molecule has 1 atom stereocenters. The van der Waals surface area contributed by atoms with Crippen LogP contribution in [-0.4, -0.2) is 95.3 Å². The standard InChI is InChI=1S/C46H53N13O6S5/c1-21-13-14-31(66-21)70(63,64)57-16-28(17-57)52-41(60)38-36(48)33-29(24(4)53-54-44(33)67-38)18-59-46-34(37(49)40(69-46)42(61)50-26-10-7-6-8-11-26)30(25(5)56-59)19-58-45-32(22(2)23(3)55-58)35(47)39(68-45)43(62)51-27-12-9-15-65-20-27/h13-14,26-28H,6-12,15-20H2,1-5H3,(H7-2,47,48,49,50,51,52,60,61,62)/p+2. The third-order valence-corrected chi connectivity index (χ3v) is 20.5. The number of hydrogen-bond donors (Lipinski definition) is 6. The highest BCUT2D eigenvalue weighted by molar-refractivity contribution is 7.91. The minimum atomic E-state index is -3.66. The average Bonchev–Trinajstić information content (AvgIpc) is 4.10. The molecule has 1 aliphatic carbocycles. The number of nitrogens with zero attached hydrogens (tertiary/aromatic N) is 7. The normalized spacial score (nSPS) is 17.4. The van der Waals surface area contributed by atoms with Gasteiger partial charge < -0.3 is 37.9 Å². The number of nitrogens with one attached hydrogen (secondary N) is 3. The van der Waals surface area contributed by atoms with Crippen molar-refractivity contribution >= 4 is 121 Å². The van der Waals surface area contributed by atoms with Gasteiger partial charge in [0.15, 0.2) is 0 Å². The van der Waals surface area contributed by atoms with Gasteiger partial charge in [-0.05, 0) is 88.2 Å². The molecule has 9 N–H and O–H groups in total. The van der Waals surface area contributed by atoms with Gasteiger partial charge in [0.1, 0.15) is 35.1 Å². The largest absolute Gasteiger partial charge is 0.397 e. The Bertz CT molecular complexity index is 3380. The van der Waals surface area contributed by atoms with E-state index in [9.17, 15) is 22.8 Å². The topological polar surface area (TPSA) is 271 Å². The summed E-state index contributed by atoms with van der Waals surface area (Å²) in [6, 6.07) is 2.90. The van der Waals surface area contributed by atoms with E-state index in [1.54, 1.807) is 16.8 Å². The average molecular weight is 1050 g/mol. The number of aromatic nitrogens is 6. The fraction of sp³-hybridized carbons (Fsp3) is 0.457. The SMILES string of the molecule is Cc1ccc(S(=O)(=O)N2CC(NC(=O)c3sc4nnc(C)c(C[n+]5nc(C)c(C[n+]6nc(C)c(C)c7c(N)c(C(=O)NC8CCCOC8)sc76)c6c(N)c(C(=O)NC7CCCCC7)sc65)c4c3N)C2)s1. The number of rotatable bonds is 12. The molecule has 24 heteroatoms. The molecule has 3 amide bonds. The monoisotopic (exact) mass is 1050 g/mol. The van der Waals surface area contributed by atoms with E-state index in [1.165, 1.54) is 38.3 Å². The molecule has 3 fully saturated rings. The lowest BCUT2D eigenvalue weighted by Crippen LogP contribution is -2.60. The molecule has 0 bridgehead atoms. The molecular weight excluding hydrogens is 991 g/mol. The summed E-state index contributed by atoms with van der Waals surface area (Å²) >= 11 is 4.87. The molecule has 70 heavy (non-hydrogen) atoms. The highest BCUT2D eigenvalue weighted by Gasteiger charge is 2.40. The first-order valence-corrected chi connectivity index (χ1v) is 28.0. The zero-order chi connectivity index (χ0) is 49.3. The summed E-state index contributed by atoms with van der Waals surface area (Å²) < 4.78 is 37.2. The molecule has 9 heterocycles. The Kier molecular flexibility index (Phi) is 13.0. The molecule has 19 nitrogen and oxygen atoms in total. The van der Waals surface area contributed by atoms with Crippen molar-refractivity contribution in [1.82, 2.24) is 40.7 Å². The first kappa shape index (κ1) is 48.1. The summed E-state index contributed by atoms with van der Waals surface area (Å²) in [5, 5.41) is 30.4. The van der Waals surface area contributed by atoms with Gasteiger partial charge in [-0.25, -0.2) is 8.42 Å². The first-order chi connectivity index (χ1) is 33.5. The van der Waals surface area contributed by atoms with Crippen LogP contribution in [0.4, 0.5) is 17.1 Å². The number of amides is 3. The van der Waals surface area contributed by atoms with Crippen molar-refractivity contribution in [1.29, 1.82) is 0 Å². The summed E-state index contributed by atoms with van der Waals surface area (Å²) in [5.74, 6) is -0.941. The Morgan fingerprint density at radius 3 is 1.86 bits per heavy atom.